The second-order valence-electron chi connectivity index (χ2n) is 5.91. The summed E-state index contributed by atoms with van der Waals surface area (Å²) in [6.45, 7) is 4.43. The van der Waals surface area contributed by atoms with Gasteiger partial charge in [0.05, 0.1) is 17.3 Å². The minimum Gasteiger partial charge on any atom is -0.392 e. The highest BCUT2D eigenvalue weighted by atomic mass is 35.5. The fraction of sp³-hybridized carbons (Fsp3) is 0.625. The molecule has 20 heavy (non-hydrogen) atoms. The molecule has 1 aromatic rings. The first kappa shape index (κ1) is 14.2. The van der Waals surface area contributed by atoms with Gasteiger partial charge in [0.2, 0.25) is 0 Å². The first-order valence-corrected chi connectivity index (χ1v) is 8.04. The Kier molecular flexibility index (Phi) is 4.49. The Hall–Kier alpha value is -0.770. The third-order valence-electron chi connectivity index (χ3n) is 4.69. The van der Waals surface area contributed by atoms with Gasteiger partial charge in [-0.15, -0.1) is 0 Å². The first-order chi connectivity index (χ1) is 9.78. The zero-order chi connectivity index (χ0) is 13.9. The largest absolute Gasteiger partial charge is 0.392 e. The van der Waals surface area contributed by atoms with E-state index in [1.165, 1.54) is 25.7 Å². The van der Waals surface area contributed by atoms with Crippen LogP contribution in [0.4, 0.5) is 5.69 Å². The van der Waals surface area contributed by atoms with Gasteiger partial charge in [-0.2, -0.15) is 0 Å². The fourth-order valence-corrected chi connectivity index (χ4v) is 3.83. The molecule has 1 aromatic carbocycles. The molecule has 2 aliphatic rings. The van der Waals surface area contributed by atoms with Crippen LogP contribution in [0.3, 0.4) is 0 Å². The molecule has 0 unspecified atom stereocenters. The average molecular weight is 295 g/mol. The number of aliphatic hydroxyl groups excluding tert-OH is 1. The van der Waals surface area contributed by atoms with Crippen LogP contribution < -0.4 is 4.90 Å². The van der Waals surface area contributed by atoms with E-state index < -0.39 is 0 Å². The third-order valence-corrected chi connectivity index (χ3v) is 4.99. The highest BCUT2D eigenvalue weighted by Gasteiger charge is 2.26. The minimum absolute atomic E-state index is 0.0510. The summed E-state index contributed by atoms with van der Waals surface area (Å²) in [6, 6.07) is 6.70. The number of anilines is 1. The van der Waals surface area contributed by atoms with Crippen LogP contribution in [0.5, 0.6) is 0 Å². The lowest BCUT2D eigenvalue weighted by Crippen LogP contribution is -2.49. The molecule has 1 N–H and O–H groups in total. The number of piperazine rings is 1. The van der Waals surface area contributed by atoms with Crippen molar-refractivity contribution >= 4 is 17.3 Å². The predicted molar refractivity (Wildman–Crippen MR) is 83.4 cm³/mol. The molecule has 1 saturated carbocycles. The lowest BCUT2D eigenvalue weighted by molar-refractivity contribution is 0.187. The quantitative estimate of drug-likeness (QED) is 0.928. The molecule has 3 rings (SSSR count). The molecular formula is C16H23ClN2O. The molecule has 1 aliphatic carbocycles. The molecule has 1 aliphatic heterocycles. The second-order valence-corrected chi connectivity index (χ2v) is 6.31. The average Bonchev–Trinajstić information content (AvgIpc) is 3.01. The lowest BCUT2D eigenvalue weighted by atomic mass is 10.1. The highest BCUT2D eigenvalue weighted by molar-refractivity contribution is 6.33. The molecule has 110 valence electrons. The van der Waals surface area contributed by atoms with Gasteiger partial charge in [0.25, 0.3) is 0 Å². The number of aliphatic hydroxyl groups is 1. The van der Waals surface area contributed by atoms with Gasteiger partial charge in [0, 0.05) is 32.2 Å². The van der Waals surface area contributed by atoms with Gasteiger partial charge in [-0.25, -0.2) is 0 Å². The van der Waals surface area contributed by atoms with E-state index in [0.717, 1.165) is 48.5 Å². The maximum absolute atomic E-state index is 9.14. The van der Waals surface area contributed by atoms with Crippen molar-refractivity contribution in [2.75, 3.05) is 31.1 Å². The van der Waals surface area contributed by atoms with E-state index in [0.29, 0.717) is 0 Å². The zero-order valence-electron chi connectivity index (χ0n) is 11.9. The molecule has 1 heterocycles. The van der Waals surface area contributed by atoms with E-state index >= 15 is 0 Å². The summed E-state index contributed by atoms with van der Waals surface area (Å²) in [4.78, 5) is 5.02. The van der Waals surface area contributed by atoms with Crippen LogP contribution in [0.15, 0.2) is 18.2 Å². The van der Waals surface area contributed by atoms with Crippen molar-refractivity contribution in [1.82, 2.24) is 4.90 Å². The summed E-state index contributed by atoms with van der Waals surface area (Å²) in [5.41, 5.74) is 1.98. The number of rotatable bonds is 3. The van der Waals surface area contributed by atoms with Crippen molar-refractivity contribution < 1.29 is 5.11 Å². The lowest BCUT2D eigenvalue weighted by Gasteiger charge is -2.39. The van der Waals surface area contributed by atoms with Crippen molar-refractivity contribution in [3.05, 3.63) is 28.8 Å². The minimum atomic E-state index is 0.0510. The molecule has 4 heteroatoms. The maximum Gasteiger partial charge on any atom is 0.0682 e. The molecule has 0 bridgehead atoms. The topological polar surface area (TPSA) is 26.7 Å². The van der Waals surface area contributed by atoms with Gasteiger partial charge in [-0.3, -0.25) is 4.90 Å². The Morgan fingerprint density at radius 1 is 1.10 bits per heavy atom. The summed E-state index contributed by atoms with van der Waals surface area (Å²) in [7, 11) is 0. The van der Waals surface area contributed by atoms with Gasteiger partial charge in [-0.05, 0) is 30.5 Å². The second kappa shape index (κ2) is 6.33. The number of nitrogens with zero attached hydrogens (tertiary/aromatic N) is 2. The third kappa shape index (κ3) is 2.95. The summed E-state index contributed by atoms with van der Waals surface area (Å²) < 4.78 is 0. The smallest absolute Gasteiger partial charge is 0.0682 e. The zero-order valence-corrected chi connectivity index (χ0v) is 12.6. The van der Waals surface area contributed by atoms with E-state index in [2.05, 4.69) is 9.80 Å². The molecular weight excluding hydrogens is 272 g/mol. The van der Waals surface area contributed by atoms with E-state index in [1.807, 2.05) is 18.2 Å². The fourth-order valence-electron chi connectivity index (χ4n) is 3.50. The summed E-state index contributed by atoms with van der Waals surface area (Å²) in [5, 5.41) is 9.90. The summed E-state index contributed by atoms with van der Waals surface area (Å²) >= 11 is 6.34. The van der Waals surface area contributed by atoms with E-state index in [9.17, 15) is 0 Å². The molecule has 0 aromatic heterocycles. The standard InChI is InChI=1S/C16H23ClN2O/c17-15-11-13(12-20)5-6-16(15)19-9-7-18(8-10-19)14-3-1-2-4-14/h5-6,11,14,20H,1-4,7-10,12H2. The predicted octanol–water partition coefficient (Wildman–Crippen LogP) is 2.90. The molecule has 0 amide bonds. The molecule has 0 atom stereocenters. The van der Waals surface area contributed by atoms with Crippen LogP contribution in [-0.2, 0) is 6.61 Å². The summed E-state index contributed by atoms with van der Waals surface area (Å²) in [6.07, 6.45) is 5.57. The Bertz CT molecular complexity index is 452. The molecule has 2 fully saturated rings. The van der Waals surface area contributed by atoms with Crippen molar-refractivity contribution in [3.63, 3.8) is 0 Å². The first-order valence-electron chi connectivity index (χ1n) is 7.66. The van der Waals surface area contributed by atoms with Gasteiger partial charge < -0.3 is 10.0 Å². The SMILES string of the molecule is OCc1ccc(N2CCN(C3CCCC3)CC2)c(Cl)c1. The highest BCUT2D eigenvalue weighted by Crippen LogP contribution is 2.29. The van der Waals surface area contributed by atoms with Gasteiger partial charge in [0.1, 0.15) is 0 Å². The Labute approximate surface area is 126 Å². The van der Waals surface area contributed by atoms with E-state index in [-0.39, 0.29) is 6.61 Å². The van der Waals surface area contributed by atoms with E-state index in [1.54, 1.807) is 0 Å². The Morgan fingerprint density at radius 2 is 1.80 bits per heavy atom. The normalized spacial score (nSPS) is 21.6. The van der Waals surface area contributed by atoms with Crippen LogP contribution in [0, 0.1) is 0 Å². The molecule has 1 saturated heterocycles. The monoisotopic (exact) mass is 294 g/mol. The van der Waals surface area contributed by atoms with Gasteiger partial charge >= 0.3 is 0 Å². The molecule has 0 spiro atoms. The Morgan fingerprint density at radius 3 is 2.40 bits per heavy atom. The number of hydrogen-bond acceptors (Lipinski definition) is 3. The van der Waals surface area contributed by atoms with Crippen LogP contribution in [-0.4, -0.2) is 42.2 Å². The summed E-state index contributed by atoms with van der Waals surface area (Å²) in [5.74, 6) is 0. The van der Waals surface area contributed by atoms with Crippen molar-refractivity contribution in [1.29, 1.82) is 0 Å². The molecule has 0 radical (unpaired) electrons. The van der Waals surface area contributed by atoms with Crippen molar-refractivity contribution in [3.8, 4) is 0 Å². The van der Waals surface area contributed by atoms with Crippen LogP contribution in [0.2, 0.25) is 5.02 Å². The number of benzene rings is 1. The van der Waals surface area contributed by atoms with Gasteiger partial charge in [-0.1, -0.05) is 30.5 Å². The van der Waals surface area contributed by atoms with E-state index in [4.69, 9.17) is 16.7 Å². The van der Waals surface area contributed by atoms with Gasteiger partial charge in [0.15, 0.2) is 0 Å². The molecule has 3 nitrogen and oxygen atoms in total. The van der Waals surface area contributed by atoms with Crippen LogP contribution >= 0.6 is 11.6 Å². The number of halogens is 1. The maximum atomic E-state index is 9.14. The van der Waals surface area contributed by atoms with Crippen LogP contribution in [0.25, 0.3) is 0 Å². The Balaban J connectivity index is 1.62. The van der Waals surface area contributed by atoms with Crippen molar-refractivity contribution in [2.24, 2.45) is 0 Å². The van der Waals surface area contributed by atoms with Crippen molar-refractivity contribution in [2.45, 2.75) is 38.3 Å². The van der Waals surface area contributed by atoms with Crippen LogP contribution in [0.1, 0.15) is 31.2 Å². The number of hydrogen-bond donors (Lipinski definition) is 1.